The molecular weight excluding hydrogens is 823 g/mol. The number of rotatable bonds is 51. The van der Waals surface area contributed by atoms with Crippen LogP contribution in [0.1, 0.15) is 129 Å². The van der Waals surface area contributed by atoms with Crippen LogP contribution in [0.25, 0.3) is 0 Å². The molecule has 0 aromatic rings. The number of aliphatic carboxylic acids is 1. The van der Waals surface area contributed by atoms with Crippen molar-refractivity contribution in [2.45, 2.75) is 129 Å². The van der Waals surface area contributed by atoms with E-state index >= 15 is 0 Å². The fourth-order valence-corrected chi connectivity index (χ4v) is 5.67. The monoisotopic (exact) mass is 906 g/mol. The summed E-state index contributed by atoms with van der Waals surface area (Å²) >= 11 is 0. The Morgan fingerprint density at radius 1 is 0.317 bits per heavy atom. The average Bonchev–Trinajstić information content (AvgIpc) is 3.25. The fraction of sp³-hybridized carbons (Fsp3) is 0.867. The molecule has 63 heavy (non-hydrogen) atoms. The summed E-state index contributed by atoms with van der Waals surface area (Å²) in [5.74, 6) is -0.576. The van der Waals surface area contributed by atoms with Gasteiger partial charge in [-0.25, -0.2) is 0 Å². The molecule has 0 aliphatic carbocycles. The summed E-state index contributed by atoms with van der Waals surface area (Å²) in [6.45, 7) is 9.68. The Bertz CT molecular complexity index is 1050. The van der Waals surface area contributed by atoms with Gasteiger partial charge in [0.15, 0.2) is 0 Å². The molecule has 0 saturated heterocycles. The first-order valence-electron chi connectivity index (χ1n) is 23.4. The number of carboxylic acids is 1. The summed E-state index contributed by atoms with van der Waals surface area (Å²) < 4.78 is 43.8. The van der Waals surface area contributed by atoms with Crippen molar-refractivity contribution in [3.8, 4) is 0 Å². The number of hydrogen-bond acceptors (Lipinski definition) is 14. The fourth-order valence-electron chi connectivity index (χ4n) is 5.67. The number of nitrogens with one attached hydrogen (secondary N) is 3. The molecule has 0 aromatic carbocycles. The van der Waals surface area contributed by atoms with Crippen molar-refractivity contribution >= 4 is 35.3 Å². The molecule has 4 N–H and O–H groups in total. The van der Waals surface area contributed by atoms with Crippen molar-refractivity contribution in [1.29, 1.82) is 0 Å². The quantitative estimate of drug-likeness (QED) is 0.0629. The number of hydrogen-bond donors (Lipinski definition) is 4. The van der Waals surface area contributed by atoms with Crippen molar-refractivity contribution in [1.82, 2.24) is 16.0 Å². The lowest BCUT2D eigenvalue weighted by Crippen LogP contribution is -2.28. The zero-order chi connectivity index (χ0) is 46.1. The summed E-state index contributed by atoms with van der Waals surface area (Å²) in [4.78, 5) is 69.1. The molecule has 0 radical (unpaired) electrons. The SMILES string of the molecule is CC(=O)CCCCCCCNC(=O)CCOCCOCCOCCNC(=O)CCOCCCOCCC(=O)CCCOCCOCCOCCC(=O)NCCCCCCCC(=O)O. The second kappa shape index (κ2) is 48.4. The summed E-state index contributed by atoms with van der Waals surface area (Å²) in [7, 11) is 0. The highest BCUT2D eigenvalue weighted by Crippen LogP contribution is 2.06. The molecule has 0 bridgehead atoms. The van der Waals surface area contributed by atoms with Gasteiger partial charge in [0.05, 0.1) is 85.9 Å². The van der Waals surface area contributed by atoms with E-state index in [2.05, 4.69) is 16.0 Å². The predicted molar refractivity (Wildman–Crippen MR) is 237 cm³/mol. The van der Waals surface area contributed by atoms with Crippen molar-refractivity contribution in [2.24, 2.45) is 0 Å². The Morgan fingerprint density at radius 2 is 0.667 bits per heavy atom. The van der Waals surface area contributed by atoms with Crippen molar-refractivity contribution in [3.63, 3.8) is 0 Å². The van der Waals surface area contributed by atoms with Gasteiger partial charge in [0.1, 0.15) is 11.6 Å². The molecule has 0 aliphatic heterocycles. The first-order valence-corrected chi connectivity index (χ1v) is 23.4. The molecule has 368 valence electrons. The van der Waals surface area contributed by atoms with E-state index in [4.69, 9.17) is 43.0 Å². The van der Waals surface area contributed by atoms with Gasteiger partial charge in [-0.3, -0.25) is 24.0 Å². The maximum Gasteiger partial charge on any atom is 0.303 e. The summed E-state index contributed by atoms with van der Waals surface area (Å²) in [6, 6.07) is 0. The number of carbonyl (C=O) groups is 6. The molecule has 18 nitrogen and oxygen atoms in total. The minimum Gasteiger partial charge on any atom is -0.481 e. The molecule has 0 fully saturated rings. The minimum absolute atomic E-state index is 0.0215. The van der Waals surface area contributed by atoms with Gasteiger partial charge in [-0.2, -0.15) is 0 Å². The standard InChI is InChI=1S/C45H83N3O15/c1-40(49)14-8-4-2-6-10-21-46-42(51)20-30-60-34-38-63-39-35-61-31-23-48-44(53)18-28-57-26-13-25-56-27-17-41(50)15-12-24-58-32-36-62-37-33-59-29-19-43(52)47-22-11-7-3-5-9-16-45(54)55/h2-39H2,1H3,(H,46,51)(H,47,52)(H,48,53)(H,54,55). The molecule has 0 spiro atoms. The van der Waals surface area contributed by atoms with Crippen LogP contribution < -0.4 is 16.0 Å². The van der Waals surface area contributed by atoms with Crippen molar-refractivity contribution < 1.29 is 71.8 Å². The van der Waals surface area contributed by atoms with Gasteiger partial charge >= 0.3 is 5.97 Å². The third-order valence-electron chi connectivity index (χ3n) is 9.24. The molecule has 18 heteroatoms. The van der Waals surface area contributed by atoms with Crippen molar-refractivity contribution in [2.75, 3.05) is 125 Å². The summed E-state index contributed by atoms with van der Waals surface area (Å²) in [5, 5.41) is 17.2. The van der Waals surface area contributed by atoms with E-state index in [1.54, 1.807) is 6.92 Å². The van der Waals surface area contributed by atoms with Crippen LogP contribution in [0.2, 0.25) is 0 Å². The highest BCUT2D eigenvalue weighted by molar-refractivity contribution is 5.78. The Labute approximate surface area is 376 Å². The summed E-state index contributed by atoms with van der Waals surface area (Å²) in [5.41, 5.74) is 0. The number of amides is 3. The van der Waals surface area contributed by atoms with E-state index in [1.165, 1.54) is 0 Å². The second-order valence-electron chi connectivity index (χ2n) is 15.1. The van der Waals surface area contributed by atoms with Crippen LogP contribution in [0, 0.1) is 0 Å². The number of Topliss-reactive ketones (excluding diaryl/α,β-unsaturated/α-hetero) is 2. The lowest BCUT2D eigenvalue weighted by atomic mass is 10.1. The van der Waals surface area contributed by atoms with Gasteiger partial charge in [0, 0.05) is 84.4 Å². The first kappa shape index (κ1) is 59.9. The molecule has 0 atom stereocenters. The highest BCUT2D eigenvalue weighted by atomic mass is 16.5. The molecule has 0 aromatic heterocycles. The lowest BCUT2D eigenvalue weighted by Gasteiger charge is -2.09. The topological polar surface area (TPSA) is 233 Å². The molecule has 3 amide bonds. The Balaban J connectivity index is 3.32. The largest absolute Gasteiger partial charge is 0.481 e. The van der Waals surface area contributed by atoms with E-state index in [0.717, 1.165) is 57.8 Å². The third-order valence-corrected chi connectivity index (χ3v) is 9.24. The van der Waals surface area contributed by atoms with Crippen LogP contribution in [0.5, 0.6) is 0 Å². The molecule has 0 unspecified atom stereocenters. The molecule has 0 aliphatic rings. The molecule has 0 saturated carbocycles. The lowest BCUT2D eigenvalue weighted by molar-refractivity contribution is -0.137. The number of ketones is 2. The zero-order valence-corrected chi connectivity index (χ0v) is 38.5. The van der Waals surface area contributed by atoms with Gasteiger partial charge in [-0.15, -0.1) is 0 Å². The van der Waals surface area contributed by atoms with Gasteiger partial charge in [0.25, 0.3) is 0 Å². The second-order valence-corrected chi connectivity index (χ2v) is 15.1. The van der Waals surface area contributed by atoms with Crippen LogP contribution in [-0.4, -0.2) is 166 Å². The molecule has 0 heterocycles. The van der Waals surface area contributed by atoms with Crippen LogP contribution in [0.3, 0.4) is 0 Å². The van der Waals surface area contributed by atoms with E-state index in [9.17, 15) is 28.8 Å². The Morgan fingerprint density at radius 3 is 1.14 bits per heavy atom. The Hall–Kier alpha value is -3.10. The van der Waals surface area contributed by atoms with Crippen LogP contribution in [0.4, 0.5) is 0 Å². The maximum atomic E-state index is 12.1. The van der Waals surface area contributed by atoms with Crippen molar-refractivity contribution in [3.05, 3.63) is 0 Å². The zero-order valence-electron chi connectivity index (χ0n) is 38.5. The van der Waals surface area contributed by atoms with Gasteiger partial charge in [-0.1, -0.05) is 38.5 Å². The van der Waals surface area contributed by atoms with E-state index in [0.29, 0.717) is 177 Å². The van der Waals surface area contributed by atoms with Gasteiger partial charge in [-0.05, 0) is 45.4 Å². The minimum atomic E-state index is -0.758. The van der Waals surface area contributed by atoms with E-state index in [1.807, 2.05) is 0 Å². The van der Waals surface area contributed by atoms with E-state index in [-0.39, 0.29) is 42.1 Å². The highest BCUT2D eigenvalue weighted by Gasteiger charge is 2.06. The average molecular weight is 906 g/mol. The summed E-state index contributed by atoms with van der Waals surface area (Å²) in [6.07, 6.45) is 13.3. The number of unbranched alkanes of at least 4 members (excludes halogenated alkanes) is 8. The van der Waals surface area contributed by atoms with Gasteiger partial charge < -0.3 is 63.7 Å². The van der Waals surface area contributed by atoms with Crippen LogP contribution >= 0.6 is 0 Å². The Kier molecular flexibility index (Phi) is 46.0. The molecule has 0 rings (SSSR count). The number of carbonyl (C=O) groups excluding carboxylic acids is 5. The third kappa shape index (κ3) is 51.4. The molecular formula is C45H83N3O15. The normalized spacial score (nSPS) is 11.1. The number of ether oxygens (including phenoxy) is 8. The first-order chi connectivity index (χ1) is 30.7. The smallest absolute Gasteiger partial charge is 0.303 e. The van der Waals surface area contributed by atoms with Crippen LogP contribution in [-0.2, 0) is 66.7 Å². The predicted octanol–water partition coefficient (Wildman–Crippen LogP) is 4.12. The number of carboxylic acid groups (broad SMARTS) is 1. The van der Waals surface area contributed by atoms with Crippen LogP contribution in [0.15, 0.2) is 0 Å². The maximum absolute atomic E-state index is 12.1. The van der Waals surface area contributed by atoms with Gasteiger partial charge in [0.2, 0.25) is 17.7 Å². The van der Waals surface area contributed by atoms with E-state index < -0.39 is 5.97 Å².